The van der Waals surface area contributed by atoms with Crippen molar-refractivity contribution in [3.05, 3.63) is 65.7 Å². The van der Waals surface area contributed by atoms with Crippen LogP contribution in [0.5, 0.6) is 5.75 Å². The lowest BCUT2D eigenvalue weighted by atomic mass is 9.97. The zero-order valence-electron chi connectivity index (χ0n) is 18.2. The van der Waals surface area contributed by atoms with E-state index in [0.29, 0.717) is 13.2 Å². The molecule has 29 heavy (non-hydrogen) atoms. The van der Waals surface area contributed by atoms with E-state index >= 15 is 0 Å². The molecular formula is C26H37NO2. The first-order valence-corrected chi connectivity index (χ1v) is 11.3. The molecule has 2 aromatic carbocycles. The van der Waals surface area contributed by atoms with Gasteiger partial charge in [0, 0.05) is 12.5 Å². The quantitative estimate of drug-likeness (QED) is 0.381. The molecule has 0 radical (unpaired) electrons. The van der Waals surface area contributed by atoms with Gasteiger partial charge in [0.15, 0.2) is 0 Å². The van der Waals surface area contributed by atoms with E-state index < -0.39 is 0 Å². The number of benzene rings is 2. The van der Waals surface area contributed by atoms with Crippen molar-refractivity contribution in [2.75, 3.05) is 6.54 Å². The Balaban J connectivity index is 1.71. The molecule has 0 fully saturated rings. The van der Waals surface area contributed by atoms with Crippen LogP contribution < -0.4 is 10.1 Å². The Bertz CT molecular complexity index is 699. The summed E-state index contributed by atoms with van der Waals surface area (Å²) in [5, 5.41) is 3.13. The molecule has 0 bridgehead atoms. The third-order valence-electron chi connectivity index (χ3n) is 5.38. The Morgan fingerprint density at radius 1 is 0.931 bits per heavy atom. The summed E-state index contributed by atoms with van der Waals surface area (Å²) in [6, 6.07) is 18.3. The topological polar surface area (TPSA) is 38.3 Å². The van der Waals surface area contributed by atoms with Crippen LogP contribution in [0, 0.1) is 5.92 Å². The van der Waals surface area contributed by atoms with Crippen LogP contribution in [0.15, 0.2) is 54.6 Å². The first-order chi connectivity index (χ1) is 14.2. The lowest BCUT2D eigenvalue weighted by molar-refractivity contribution is -0.125. The number of ether oxygens (including phenoxy) is 1. The standard InChI is InChI=1S/C26H37NO2/c1-3-5-6-7-11-16-24(4-2)26(28)27-19-18-22-15-12-17-25(20-22)29-21-23-13-9-8-10-14-23/h8-10,12-15,17,20,24H,3-7,11,16,18-19,21H2,1-2H3,(H,27,28). The van der Waals surface area contributed by atoms with Gasteiger partial charge in [0.2, 0.25) is 5.91 Å². The Morgan fingerprint density at radius 2 is 1.69 bits per heavy atom. The average Bonchev–Trinajstić information content (AvgIpc) is 2.76. The number of nitrogens with one attached hydrogen (secondary N) is 1. The van der Waals surface area contributed by atoms with Crippen LogP contribution in [0.4, 0.5) is 0 Å². The Morgan fingerprint density at radius 3 is 2.45 bits per heavy atom. The molecule has 0 aliphatic heterocycles. The molecular weight excluding hydrogens is 358 g/mol. The first-order valence-electron chi connectivity index (χ1n) is 11.3. The van der Waals surface area contributed by atoms with E-state index in [0.717, 1.165) is 37.0 Å². The van der Waals surface area contributed by atoms with Gasteiger partial charge in [-0.05, 0) is 42.5 Å². The van der Waals surface area contributed by atoms with Crippen molar-refractivity contribution in [2.45, 2.75) is 71.8 Å². The van der Waals surface area contributed by atoms with E-state index in [-0.39, 0.29) is 11.8 Å². The van der Waals surface area contributed by atoms with Crippen molar-refractivity contribution in [1.29, 1.82) is 0 Å². The molecule has 1 N–H and O–H groups in total. The summed E-state index contributed by atoms with van der Waals surface area (Å²) in [5.74, 6) is 1.23. The minimum atomic E-state index is 0.150. The number of carbonyl (C=O) groups excluding carboxylic acids is 1. The Kier molecular flexibility index (Phi) is 11.0. The van der Waals surface area contributed by atoms with Gasteiger partial charge in [-0.1, -0.05) is 88.4 Å². The molecule has 2 aromatic rings. The highest BCUT2D eigenvalue weighted by Crippen LogP contribution is 2.17. The molecule has 0 heterocycles. The minimum Gasteiger partial charge on any atom is -0.489 e. The number of carbonyl (C=O) groups is 1. The highest BCUT2D eigenvalue weighted by atomic mass is 16.5. The van der Waals surface area contributed by atoms with Crippen LogP contribution in [-0.4, -0.2) is 12.5 Å². The fourth-order valence-electron chi connectivity index (χ4n) is 3.52. The molecule has 1 atom stereocenters. The van der Waals surface area contributed by atoms with Gasteiger partial charge in [-0.15, -0.1) is 0 Å². The predicted molar refractivity (Wildman–Crippen MR) is 121 cm³/mol. The van der Waals surface area contributed by atoms with Gasteiger partial charge in [0.25, 0.3) is 0 Å². The third-order valence-corrected chi connectivity index (χ3v) is 5.38. The molecule has 158 valence electrons. The third kappa shape index (κ3) is 9.17. The summed E-state index contributed by atoms with van der Waals surface area (Å²) < 4.78 is 5.90. The van der Waals surface area contributed by atoms with Crippen LogP contribution in [0.25, 0.3) is 0 Å². The van der Waals surface area contributed by atoms with Gasteiger partial charge in [-0.25, -0.2) is 0 Å². The van der Waals surface area contributed by atoms with E-state index in [1.165, 1.54) is 31.2 Å². The summed E-state index contributed by atoms with van der Waals surface area (Å²) in [5.41, 5.74) is 2.34. The second-order valence-corrected chi connectivity index (χ2v) is 7.77. The van der Waals surface area contributed by atoms with Crippen LogP contribution >= 0.6 is 0 Å². The zero-order valence-corrected chi connectivity index (χ0v) is 18.2. The molecule has 0 aliphatic rings. The number of rotatable bonds is 14. The largest absolute Gasteiger partial charge is 0.489 e. The molecule has 0 aromatic heterocycles. The molecule has 3 nitrogen and oxygen atoms in total. The lowest BCUT2D eigenvalue weighted by Crippen LogP contribution is -2.32. The minimum absolute atomic E-state index is 0.150. The zero-order chi connectivity index (χ0) is 20.7. The molecule has 3 heteroatoms. The average molecular weight is 396 g/mol. The van der Waals surface area contributed by atoms with Crippen LogP contribution in [0.3, 0.4) is 0 Å². The van der Waals surface area contributed by atoms with Crippen molar-refractivity contribution in [3.63, 3.8) is 0 Å². The maximum atomic E-state index is 12.5. The summed E-state index contributed by atoms with van der Waals surface area (Å²) in [6.07, 6.45) is 9.00. The van der Waals surface area contributed by atoms with Gasteiger partial charge >= 0.3 is 0 Å². The van der Waals surface area contributed by atoms with Crippen LogP contribution in [0.2, 0.25) is 0 Å². The van der Waals surface area contributed by atoms with Crippen LogP contribution in [-0.2, 0) is 17.8 Å². The summed E-state index contributed by atoms with van der Waals surface area (Å²) in [4.78, 5) is 12.5. The summed E-state index contributed by atoms with van der Waals surface area (Å²) >= 11 is 0. The van der Waals surface area contributed by atoms with Crippen LogP contribution in [0.1, 0.15) is 69.9 Å². The highest BCUT2D eigenvalue weighted by Gasteiger charge is 2.15. The van der Waals surface area contributed by atoms with Crippen molar-refractivity contribution in [2.24, 2.45) is 5.92 Å². The maximum Gasteiger partial charge on any atom is 0.223 e. The number of hydrogen-bond donors (Lipinski definition) is 1. The number of unbranched alkanes of at least 4 members (excludes halogenated alkanes) is 4. The Labute approximate surface area is 176 Å². The van der Waals surface area contributed by atoms with Gasteiger partial charge < -0.3 is 10.1 Å². The van der Waals surface area contributed by atoms with Gasteiger partial charge in [-0.3, -0.25) is 4.79 Å². The second kappa shape index (κ2) is 13.8. The lowest BCUT2D eigenvalue weighted by Gasteiger charge is -2.15. The molecule has 0 spiro atoms. The fraction of sp³-hybridized carbons (Fsp3) is 0.500. The van der Waals surface area contributed by atoms with Crippen molar-refractivity contribution < 1.29 is 9.53 Å². The predicted octanol–water partition coefficient (Wildman–Crippen LogP) is 6.31. The fourth-order valence-corrected chi connectivity index (χ4v) is 3.52. The number of amides is 1. The van der Waals surface area contributed by atoms with Crippen molar-refractivity contribution in [3.8, 4) is 5.75 Å². The molecule has 0 saturated carbocycles. The van der Waals surface area contributed by atoms with E-state index in [1.54, 1.807) is 0 Å². The van der Waals surface area contributed by atoms with Gasteiger partial charge in [0.1, 0.15) is 12.4 Å². The van der Waals surface area contributed by atoms with Crippen molar-refractivity contribution in [1.82, 2.24) is 5.32 Å². The van der Waals surface area contributed by atoms with Crippen molar-refractivity contribution >= 4 is 5.91 Å². The summed E-state index contributed by atoms with van der Waals surface area (Å²) in [7, 11) is 0. The SMILES string of the molecule is CCCCCCCC(CC)C(=O)NCCc1cccc(OCc2ccccc2)c1. The molecule has 0 saturated heterocycles. The van der Waals surface area contributed by atoms with Gasteiger partial charge in [-0.2, -0.15) is 0 Å². The smallest absolute Gasteiger partial charge is 0.223 e. The monoisotopic (exact) mass is 395 g/mol. The maximum absolute atomic E-state index is 12.5. The Hall–Kier alpha value is -2.29. The second-order valence-electron chi connectivity index (χ2n) is 7.77. The molecule has 0 aliphatic carbocycles. The highest BCUT2D eigenvalue weighted by molar-refractivity contribution is 5.78. The number of hydrogen-bond acceptors (Lipinski definition) is 2. The van der Waals surface area contributed by atoms with E-state index in [9.17, 15) is 4.79 Å². The normalized spacial score (nSPS) is 11.8. The molecule has 1 unspecified atom stereocenters. The van der Waals surface area contributed by atoms with E-state index in [1.807, 2.05) is 30.3 Å². The van der Waals surface area contributed by atoms with Gasteiger partial charge in [0.05, 0.1) is 0 Å². The summed E-state index contributed by atoms with van der Waals surface area (Å²) in [6.45, 7) is 5.59. The van der Waals surface area contributed by atoms with E-state index in [4.69, 9.17) is 4.74 Å². The van der Waals surface area contributed by atoms with E-state index in [2.05, 4.69) is 43.4 Å². The molecule has 2 rings (SSSR count). The molecule has 1 amide bonds. The first kappa shape index (κ1) is 23.0.